The van der Waals surface area contributed by atoms with Crippen LogP contribution in [0.25, 0.3) is 0 Å². The predicted octanol–water partition coefficient (Wildman–Crippen LogP) is 4.67. The molecule has 0 saturated carbocycles. The Morgan fingerprint density at radius 3 is 2.57 bits per heavy atom. The van der Waals surface area contributed by atoms with Gasteiger partial charge in [-0.25, -0.2) is 8.78 Å². The Labute approximate surface area is 130 Å². The molecule has 0 spiro atoms. The summed E-state index contributed by atoms with van der Waals surface area (Å²) in [4.78, 5) is 0. The summed E-state index contributed by atoms with van der Waals surface area (Å²) in [5.74, 6) is -1.49. The minimum Gasteiger partial charge on any atom is -0.508 e. The van der Waals surface area contributed by atoms with E-state index >= 15 is 0 Å². The average Bonchev–Trinajstić information content (AvgIpc) is 2.46. The van der Waals surface area contributed by atoms with E-state index < -0.39 is 11.6 Å². The fraction of sp³-hybridized carbons (Fsp3) is 0.250. The molecule has 2 N–H and O–H groups in total. The fourth-order valence-corrected chi connectivity index (χ4v) is 2.55. The SMILES string of the molecule is CCC(NCc1ccc(F)c(F)c1)c1cc(Br)ccc1O. The number of aromatic hydroxyl groups is 1. The number of rotatable bonds is 5. The smallest absolute Gasteiger partial charge is 0.159 e. The molecule has 0 saturated heterocycles. The van der Waals surface area contributed by atoms with Crippen LogP contribution in [0.5, 0.6) is 5.75 Å². The number of hydrogen-bond acceptors (Lipinski definition) is 2. The summed E-state index contributed by atoms with van der Waals surface area (Å²) in [6.45, 7) is 2.38. The standard InChI is InChI=1S/C16H16BrF2NO/c1-2-15(12-8-11(17)4-6-16(12)21)20-9-10-3-5-13(18)14(19)7-10/h3-8,15,20-21H,2,9H2,1H3. The minimum absolute atomic E-state index is 0.0735. The van der Waals surface area contributed by atoms with Gasteiger partial charge in [0.1, 0.15) is 5.75 Å². The molecule has 2 rings (SSSR count). The highest BCUT2D eigenvalue weighted by molar-refractivity contribution is 9.10. The lowest BCUT2D eigenvalue weighted by Gasteiger charge is -2.19. The van der Waals surface area contributed by atoms with E-state index in [1.807, 2.05) is 13.0 Å². The van der Waals surface area contributed by atoms with Gasteiger partial charge in [-0.3, -0.25) is 0 Å². The van der Waals surface area contributed by atoms with E-state index in [0.29, 0.717) is 12.1 Å². The molecule has 0 heterocycles. The van der Waals surface area contributed by atoms with E-state index in [4.69, 9.17) is 0 Å². The van der Waals surface area contributed by atoms with Gasteiger partial charge in [-0.2, -0.15) is 0 Å². The zero-order chi connectivity index (χ0) is 15.4. The third-order valence-electron chi connectivity index (χ3n) is 3.31. The molecule has 2 aromatic rings. The Balaban J connectivity index is 2.12. The van der Waals surface area contributed by atoms with Gasteiger partial charge >= 0.3 is 0 Å². The van der Waals surface area contributed by atoms with E-state index in [1.54, 1.807) is 18.2 Å². The quantitative estimate of drug-likeness (QED) is 0.816. The van der Waals surface area contributed by atoms with Gasteiger partial charge < -0.3 is 10.4 Å². The lowest BCUT2D eigenvalue weighted by atomic mass is 10.0. The van der Waals surface area contributed by atoms with Crippen molar-refractivity contribution in [2.24, 2.45) is 0 Å². The number of nitrogens with one attached hydrogen (secondary N) is 1. The Kier molecular flexibility index (Phi) is 5.31. The molecule has 0 aliphatic carbocycles. The van der Waals surface area contributed by atoms with Crippen molar-refractivity contribution in [3.8, 4) is 5.75 Å². The molecule has 0 bridgehead atoms. The van der Waals surface area contributed by atoms with Crippen molar-refractivity contribution >= 4 is 15.9 Å². The first kappa shape index (κ1) is 15.9. The largest absolute Gasteiger partial charge is 0.508 e. The van der Waals surface area contributed by atoms with Crippen molar-refractivity contribution in [1.29, 1.82) is 0 Å². The van der Waals surface area contributed by atoms with Gasteiger partial charge in [0.2, 0.25) is 0 Å². The molecular weight excluding hydrogens is 340 g/mol. The first-order valence-corrected chi connectivity index (χ1v) is 7.46. The zero-order valence-corrected chi connectivity index (χ0v) is 13.1. The first-order valence-electron chi connectivity index (χ1n) is 6.67. The minimum atomic E-state index is -0.854. The third kappa shape index (κ3) is 4.02. The van der Waals surface area contributed by atoms with Gasteiger partial charge in [0.25, 0.3) is 0 Å². The van der Waals surface area contributed by atoms with E-state index in [2.05, 4.69) is 21.2 Å². The lowest BCUT2D eigenvalue weighted by molar-refractivity contribution is 0.440. The van der Waals surface area contributed by atoms with Crippen LogP contribution in [0, 0.1) is 11.6 Å². The summed E-state index contributed by atoms with van der Waals surface area (Å²) in [5.41, 5.74) is 1.43. The second kappa shape index (κ2) is 7.00. The van der Waals surface area contributed by atoms with E-state index in [-0.39, 0.29) is 11.8 Å². The Hall–Kier alpha value is -1.46. The van der Waals surface area contributed by atoms with Crippen LogP contribution in [0.4, 0.5) is 8.78 Å². The molecule has 0 radical (unpaired) electrons. The fourth-order valence-electron chi connectivity index (χ4n) is 2.17. The van der Waals surface area contributed by atoms with Crippen molar-refractivity contribution in [2.75, 3.05) is 0 Å². The molecule has 0 fully saturated rings. The number of phenolic OH excluding ortho intramolecular Hbond substituents is 1. The van der Waals surface area contributed by atoms with Crippen molar-refractivity contribution in [2.45, 2.75) is 25.9 Å². The molecular formula is C16H16BrF2NO. The van der Waals surface area contributed by atoms with Crippen LogP contribution >= 0.6 is 15.9 Å². The Morgan fingerprint density at radius 2 is 1.90 bits per heavy atom. The molecule has 112 valence electrons. The molecule has 0 aliphatic rings. The van der Waals surface area contributed by atoms with Crippen LogP contribution in [0.15, 0.2) is 40.9 Å². The number of halogens is 3. The molecule has 0 amide bonds. The number of phenols is 1. The molecule has 0 aromatic heterocycles. The van der Waals surface area contributed by atoms with Crippen LogP contribution in [0.1, 0.15) is 30.5 Å². The van der Waals surface area contributed by atoms with Crippen molar-refractivity contribution in [3.63, 3.8) is 0 Å². The second-order valence-corrected chi connectivity index (χ2v) is 5.71. The first-order chi connectivity index (χ1) is 10.0. The molecule has 21 heavy (non-hydrogen) atoms. The summed E-state index contributed by atoms with van der Waals surface area (Å²) in [7, 11) is 0. The molecule has 1 atom stereocenters. The van der Waals surface area contributed by atoms with E-state index in [0.717, 1.165) is 22.5 Å². The van der Waals surface area contributed by atoms with Crippen molar-refractivity contribution in [1.82, 2.24) is 5.32 Å². The van der Waals surface area contributed by atoms with Crippen molar-refractivity contribution in [3.05, 3.63) is 63.6 Å². The van der Waals surface area contributed by atoms with Gasteiger partial charge in [-0.15, -0.1) is 0 Å². The van der Waals surface area contributed by atoms with E-state index in [1.165, 1.54) is 6.07 Å². The van der Waals surface area contributed by atoms with Crippen LogP contribution < -0.4 is 5.32 Å². The molecule has 0 aliphatic heterocycles. The lowest BCUT2D eigenvalue weighted by Crippen LogP contribution is -2.20. The highest BCUT2D eigenvalue weighted by Crippen LogP contribution is 2.29. The molecule has 2 aromatic carbocycles. The van der Waals surface area contributed by atoms with Gasteiger partial charge in [-0.05, 0) is 42.3 Å². The van der Waals surface area contributed by atoms with Crippen LogP contribution in [-0.2, 0) is 6.54 Å². The van der Waals surface area contributed by atoms with Gasteiger partial charge in [0, 0.05) is 22.6 Å². The number of hydrogen-bond donors (Lipinski definition) is 2. The average molecular weight is 356 g/mol. The van der Waals surface area contributed by atoms with Crippen LogP contribution in [0.3, 0.4) is 0 Å². The maximum absolute atomic E-state index is 13.2. The predicted molar refractivity (Wildman–Crippen MR) is 82.0 cm³/mol. The van der Waals surface area contributed by atoms with Crippen molar-refractivity contribution < 1.29 is 13.9 Å². The maximum atomic E-state index is 13.2. The second-order valence-electron chi connectivity index (χ2n) is 4.79. The highest BCUT2D eigenvalue weighted by atomic mass is 79.9. The van der Waals surface area contributed by atoms with Crippen LogP contribution in [-0.4, -0.2) is 5.11 Å². The number of benzene rings is 2. The van der Waals surface area contributed by atoms with Gasteiger partial charge in [0.15, 0.2) is 11.6 Å². The summed E-state index contributed by atoms with van der Waals surface area (Å²) in [6.07, 6.45) is 0.758. The van der Waals surface area contributed by atoms with Gasteiger partial charge in [-0.1, -0.05) is 28.9 Å². The summed E-state index contributed by atoms with van der Waals surface area (Å²) in [5, 5.41) is 13.2. The highest BCUT2D eigenvalue weighted by Gasteiger charge is 2.14. The maximum Gasteiger partial charge on any atom is 0.159 e. The monoisotopic (exact) mass is 355 g/mol. The zero-order valence-electron chi connectivity index (χ0n) is 11.5. The Morgan fingerprint density at radius 1 is 1.14 bits per heavy atom. The normalized spacial score (nSPS) is 12.4. The topological polar surface area (TPSA) is 32.3 Å². The van der Waals surface area contributed by atoms with E-state index in [9.17, 15) is 13.9 Å². The molecule has 5 heteroatoms. The summed E-state index contributed by atoms with van der Waals surface area (Å²) in [6, 6.07) is 9.00. The molecule has 1 unspecified atom stereocenters. The van der Waals surface area contributed by atoms with Crippen LogP contribution in [0.2, 0.25) is 0 Å². The third-order valence-corrected chi connectivity index (χ3v) is 3.80. The Bertz CT molecular complexity index is 634. The molecule has 2 nitrogen and oxygen atoms in total. The van der Waals surface area contributed by atoms with Gasteiger partial charge in [0.05, 0.1) is 0 Å². The summed E-state index contributed by atoms with van der Waals surface area (Å²) >= 11 is 3.38. The summed E-state index contributed by atoms with van der Waals surface area (Å²) < 4.78 is 26.9.